The molecule has 2 rings (SSSR count). The van der Waals surface area contributed by atoms with Gasteiger partial charge in [0.2, 0.25) is 0 Å². The molecule has 8 nitrogen and oxygen atoms in total. The van der Waals surface area contributed by atoms with Crippen molar-refractivity contribution in [3.8, 4) is 0 Å². The quantitative estimate of drug-likeness (QED) is 0.467. The van der Waals surface area contributed by atoms with Crippen molar-refractivity contribution >= 4 is 23.5 Å². The van der Waals surface area contributed by atoms with Gasteiger partial charge in [-0.2, -0.15) is 9.58 Å². The largest absolute Gasteiger partial charge is 0.498 e. The Labute approximate surface area is 126 Å². The Kier molecular flexibility index (Phi) is 4.22. The minimum absolute atomic E-state index is 0.202. The molecule has 1 aromatic rings. The van der Waals surface area contributed by atoms with Crippen LogP contribution in [0.15, 0.2) is 30.3 Å². The fourth-order valence-corrected chi connectivity index (χ4v) is 2.04. The average Bonchev–Trinajstić information content (AvgIpc) is 2.69. The lowest BCUT2D eigenvalue weighted by atomic mass is 10.2. The van der Waals surface area contributed by atoms with E-state index < -0.39 is 23.5 Å². The number of imide groups is 1. The number of aromatic nitrogens is 1. The monoisotopic (exact) mass is 306 g/mol. The molecule has 0 bridgehead atoms. The van der Waals surface area contributed by atoms with Crippen molar-refractivity contribution in [1.82, 2.24) is 10.0 Å². The zero-order valence-electron chi connectivity index (χ0n) is 12.4. The molecule has 116 valence electrons. The van der Waals surface area contributed by atoms with Crippen LogP contribution < -0.4 is 4.57 Å². The fourth-order valence-electron chi connectivity index (χ4n) is 2.04. The average molecular weight is 306 g/mol. The standard InChI is InChI=1S/C14H15N3O5/c1-4-22-14(21)9-6-5-7-16(8-9)10-11(18)13(20)17(12(10)19)15(2)3/h5-8H,4H2,1-3H3/p+1. The van der Waals surface area contributed by atoms with E-state index in [9.17, 15) is 19.5 Å². The van der Waals surface area contributed by atoms with E-state index in [4.69, 9.17) is 4.74 Å². The molecule has 0 saturated heterocycles. The number of esters is 1. The van der Waals surface area contributed by atoms with Crippen LogP contribution in [0.3, 0.4) is 0 Å². The predicted octanol–water partition coefficient (Wildman–Crippen LogP) is -0.277. The summed E-state index contributed by atoms with van der Waals surface area (Å²) in [7, 11) is 3.01. The van der Waals surface area contributed by atoms with Crippen LogP contribution >= 0.6 is 0 Å². The second kappa shape index (κ2) is 5.94. The summed E-state index contributed by atoms with van der Waals surface area (Å²) in [6, 6.07) is 3.03. The second-order valence-electron chi connectivity index (χ2n) is 4.69. The Morgan fingerprint density at radius 3 is 2.59 bits per heavy atom. The van der Waals surface area contributed by atoms with Crippen LogP contribution in [0.5, 0.6) is 0 Å². The zero-order valence-corrected chi connectivity index (χ0v) is 12.4. The van der Waals surface area contributed by atoms with E-state index in [0.717, 1.165) is 5.01 Å². The molecule has 0 unspecified atom stereocenters. The molecule has 0 spiro atoms. The van der Waals surface area contributed by atoms with Crippen molar-refractivity contribution in [3.05, 3.63) is 35.8 Å². The van der Waals surface area contributed by atoms with Crippen molar-refractivity contribution < 1.29 is 28.8 Å². The minimum Gasteiger partial charge on any atom is -0.498 e. The Morgan fingerprint density at radius 1 is 1.36 bits per heavy atom. The number of aliphatic hydroxyl groups excluding tert-OH is 1. The first-order chi connectivity index (χ1) is 10.4. The number of hydrogen-bond acceptors (Lipinski definition) is 6. The summed E-state index contributed by atoms with van der Waals surface area (Å²) in [6.07, 6.45) is 2.78. The van der Waals surface area contributed by atoms with Crippen molar-refractivity contribution in [2.75, 3.05) is 20.7 Å². The first-order valence-corrected chi connectivity index (χ1v) is 6.56. The number of carbonyl (C=O) groups excluding carboxylic acids is 3. The van der Waals surface area contributed by atoms with Crippen LogP contribution in [-0.2, 0) is 14.3 Å². The second-order valence-corrected chi connectivity index (χ2v) is 4.69. The van der Waals surface area contributed by atoms with Crippen LogP contribution in [0.4, 0.5) is 0 Å². The highest BCUT2D eigenvalue weighted by Crippen LogP contribution is 2.19. The number of hydrazine groups is 1. The number of rotatable bonds is 4. The Hall–Kier alpha value is -2.74. The molecule has 1 N–H and O–H groups in total. The van der Waals surface area contributed by atoms with Crippen molar-refractivity contribution in [3.63, 3.8) is 0 Å². The normalized spacial score (nSPS) is 15.0. The van der Waals surface area contributed by atoms with Crippen molar-refractivity contribution in [1.29, 1.82) is 0 Å². The van der Waals surface area contributed by atoms with Gasteiger partial charge in [-0.3, -0.25) is 9.59 Å². The molecule has 2 heterocycles. The third-order valence-electron chi connectivity index (χ3n) is 2.98. The van der Waals surface area contributed by atoms with Gasteiger partial charge in [0.25, 0.3) is 5.76 Å². The van der Waals surface area contributed by atoms with E-state index in [1.54, 1.807) is 6.92 Å². The van der Waals surface area contributed by atoms with Crippen LogP contribution in [0.2, 0.25) is 0 Å². The van der Waals surface area contributed by atoms with Gasteiger partial charge >= 0.3 is 23.5 Å². The Bertz CT molecular complexity index is 681. The fraction of sp³-hybridized carbons (Fsp3) is 0.286. The van der Waals surface area contributed by atoms with E-state index >= 15 is 0 Å². The van der Waals surface area contributed by atoms with Gasteiger partial charge in [0.15, 0.2) is 12.4 Å². The maximum Gasteiger partial charge on any atom is 0.345 e. The molecule has 2 amide bonds. The third-order valence-corrected chi connectivity index (χ3v) is 2.98. The molecule has 0 fully saturated rings. The van der Waals surface area contributed by atoms with E-state index in [1.165, 1.54) is 48.2 Å². The molecule has 22 heavy (non-hydrogen) atoms. The lowest BCUT2D eigenvalue weighted by molar-refractivity contribution is -0.578. The van der Waals surface area contributed by atoms with Crippen molar-refractivity contribution in [2.24, 2.45) is 0 Å². The van der Waals surface area contributed by atoms with Gasteiger partial charge in [0.1, 0.15) is 5.56 Å². The number of carbonyl (C=O) groups is 3. The SMILES string of the molecule is CCOC(=O)c1ccc[n+](C2=C(O)C(=O)N(N(C)C)C2=O)c1. The smallest absolute Gasteiger partial charge is 0.345 e. The van der Waals surface area contributed by atoms with Crippen LogP contribution in [-0.4, -0.2) is 53.6 Å². The van der Waals surface area contributed by atoms with Crippen LogP contribution in [0.1, 0.15) is 17.3 Å². The molecule has 0 aromatic carbocycles. The van der Waals surface area contributed by atoms with E-state index in [2.05, 4.69) is 0 Å². The summed E-state index contributed by atoms with van der Waals surface area (Å²) in [4.78, 5) is 35.9. The van der Waals surface area contributed by atoms with Gasteiger partial charge in [-0.25, -0.2) is 9.80 Å². The van der Waals surface area contributed by atoms with E-state index in [0.29, 0.717) is 0 Å². The zero-order chi connectivity index (χ0) is 16.4. The molecule has 1 aliphatic heterocycles. The molecular formula is C14H16N3O5+. The Morgan fingerprint density at radius 2 is 2.05 bits per heavy atom. The summed E-state index contributed by atoms with van der Waals surface area (Å²) in [6.45, 7) is 1.89. The summed E-state index contributed by atoms with van der Waals surface area (Å²) in [5, 5.41) is 12.0. The number of amides is 2. The van der Waals surface area contributed by atoms with Crippen LogP contribution in [0, 0.1) is 0 Å². The maximum atomic E-state index is 12.3. The number of hydrogen-bond donors (Lipinski definition) is 1. The molecular weight excluding hydrogens is 290 g/mol. The minimum atomic E-state index is -0.820. The van der Waals surface area contributed by atoms with Gasteiger partial charge in [-0.15, -0.1) is 0 Å². The highest BCUT2D eigenvalue weighted by molar-refractivity contribution is 6.28. The van der Waals surface area contributed by atoms with E-state index in [1.807, 2.05) is 0 Å². The number of nitrogens with zero attached hydrogens (tertiary/aromatic N) is 3. The molecule has 1 aromatic heterocycles. The van der Waals surface area contributed by atoms with Gasteiger partial charge in [0, 0.05) is 20.2 Å². The van der Waals surface area contributed by atoms with Crippen LogP contribution in [0.25, 0.3) is 5.70 Å². The number of pyridine rings is 1. The highest BCUT2D eigenvalue weighted by Gasteiger charge is 2.46. The number of aliphatic hydroxyl groups is 1. The lowest BCUT2D eigenvalue weighted by Gasteiger charge is -2.19. The topological polar surface area (TPSA) is 91.0 Å². The molecule has 0 radical (unpaired) electrons. The molecule has 0 atom stereocenters. The first kappa shape index (κ1) is 15.6. The highest BCUT2D eigenvalue weighted by atomic mass is 16.5. The van der Waals surface area contributed by atoms with Crippen molar-refractivity contribution in [2.45, 2.75) is 6.92 Å². The molecule has 8 heteroatoms. The summed E-state index contributed by atoms with van der Waals surface area (Å²) < 4.78 is 6.11. The molecule has 0 saturated carbocycles. The Balaban J connectivity index is 2.44. The molecule has 1 aliphatic rings. The van der Waals surface area contributed by atoms with Gasteiger partial charge in [0.05, 0.1) is 6.61 Å². The summed E-state index contributed by atoms with van der Waals surface area (Å²) >= 11 is 0. The van der Waals surface area contributed by atoms with E-state index in [-0.39, 0.29) is 17.9 Å². The van der Waals surface area contributed by atoms with Gasteiger partial charge in [-0.05, 0) is 13.0 Å². The van der Waals surface area contributed by atoms with Gasteiger partial charge < -0.3 is 9.84 Å². The number of ether oxygens (including phenoxy) is 1. The van der Waals surface area contributed by atoms with Gasteiger partial charge in [-0.1, -0.05) is 0 Å². The summed E-state index contributed by atoms with van der Waals surface area (Å²) in [5.41, 5.74) is -0.0157. The first-order valence-electron chi connectivity index (χ1n) is 6.56. The lowest BCUT2D eigenvalue weighted by Crippen LogP contribution is -2.45. The third kappa shape index (κ3) is 2.56. The maximum absolute atomic E-state index is 12.3. The molecule has 0 aliphatic carbocycles. The summed E-state index contributed by atoms with van der Waals surface area (Å²) in [5.74, 6) is -2.74. The predicted molar refractivity (Wildman–Crippen MR) is 74.0 cm³/mol.